The maximum Gasteiger partial charge on any atom is 0.329 e. The molecule has 3 fully saturated rings. The topological polar surface area (TPSA) is 199 Å². The van der Waals surface area contributed by atoms with Crippen molar-refractivity contribution >= 4 is 29.2 Å². The molecule has 1 N–H and O–H groups in total. The van der Waals surface area contributed by atoms with E-state index in [4.69, 9.17) is 23.7 Å². The summed E-state index contributed by atoms with van der Waals surface area (Å²) in [7, 11) is 4.81. The molecular weight excluding hydrogens is 883 g/mol. The molecule has 1 saturated carbocycles. The average Bonchev–Trinajstić information content (AvgIpc) is 3.88. The first-order valence-corrected chi connectivity index (χ1v) is 25.4. The van der Waals surface area contributed by atoms with Crippen molar-refractivity contribution in [3.8, 4) is 0 Å². The number of cyclic esters (lactones) is 1. The van der Waals surface area contributed by atoms with Crippen LogP contribution < -0.4 is 0 Å². The normalized spacial score (nSPS) is 38.8. The Kier molecular flexibility index (Phi) is 20.8. The molecule has 69 heavy (non-hydrogen) atoms. The van der Waals surface area contributed by atoms with E-state index in [0.717, 1.165) is 24.0 Å². The number of hydrogen-bond donors (Lipinski definition) is 1. The molecular formula is C53H81N5O11. The molecule has 1 amide bonds. The van der Waals surface area contributed by atoms with Crippen LogP contribution in [0.1, 0.15) is 138 Å². The Hall–Kier alpha value is -4.22. The number of rotatable bonds is 7. The SMILES string of the molecule is COC1CC(C[C@@H](C)[C@@H]2CC(=O)[C@H](C)/C=C(\C)[C@@H](C)C(OC)C(=O)C(C)C[C@H](C)/C=C/C=C/C=C(\C)[C@@H](OC)CC3CCC(C)C(O)(O3)C(=O)C(=O)N3CCCCC3C(=O)O2)CCC1n1ncnn1. The van der Waals surface area contributed by atoms with Crippen LogP contribution in [0.5, 0.6) is 0 Å². The van der Waals surface area contributed by atoms with Gasteiger partial charge in [-0.2, -0.15) is 4.80 Å². The molecule has 16 nitrogen and oxygen atoms in total. The number of Topliss-reactive ketones (excluding diaryl/α,β-unsaturated/α-hetero) is 3. The van der Waals surface area contributed by atoms with E-state index < -0.39 is 65.7 Å². The monoisotopic (exact) mass is 964 g/mol. The van der Waals surface area contributed by atoms with Crippen LogP contribution in [0, 0.1) is 41.4 Å². The van der Waals surface area contributed by atoms with Gasteiger partial charge in [0, 0.05) is 64.4 Å². The molecule has 384 valence electrons. The van der Waals surface area contributed by atoms with Crippen molar-refractivity contribution in [2.75, 3.05) is 27.9 Å². The third kappa shape index (κ3) is 14.2. The second-order valence-electron chi connectivity index (χ2n) is 20.7. The van der Waals surface area contributed by atoms with Crippen LogP contribution in [0.15, 0.2) is 53.9 Å². The Morgan fingerprint density at radius 3 is 2.30 bits per heavy atom. The average molecular weight is 964 g/mol. The summed E-state index contributed by atoms with van der Waals surface area (Å²) in [6.45, 7) is 15.4. The number of amides is 1. The maximum absolute atomic E-state index is 14.5. The number of piperidine rings is 1. The minimum Gasteiger partial charge on any atom is -0.460 e. The van der Waals surface area contributed by atoms with E-state index in [-0.39, 0.29) is 72.7 Å². The van der Waals surface area contributed by atoms with E-state index in [1.165, 1.54) is 11.2 Å². The highest BCUT2D eigenvalue weighted by Crippen LogP contribution is 2.39. The van der Waals surface area contributed by atoms with Crippen LogP contribution in [-0.4, -0.2) is 130 Å². The van der Waals surface area contributed by atoms with Crippen molar-refractivity contribution in [1.29, 1.82) is 0 Å². The van der Waals surface area contributed by atoms with Gasteiger partial charge in [0.15, 0.2) is 12.1 Å². The smallest absolute Gasteiger partial charge is 0.329 e. The molecule has 9 unspecified atom stereocenters. The molecule has 1 aromatic rings. The zero-order chi connectivity index (χ0) is 50.6. The summed E-state index contributed by atoms with van der Waals surface area (Å²) in [6, 6.07) is -1.19. The minimum atomic E-state index is -2.41. The lowest BCUT2D eigenvalue weighted by Crippen LogP contribution is -2.61. The van der Waals surface area contributed by atoms with Crippen molar-refractivity contribution in [3.63, 3.8) is 0 Å². The summed E-state index contributed by atoms with van der Waals surface area (Å²) in [5.41, 5.74) is 1.74. The fraction of sp³-hybridized carbons (Fsp3) is 0.736. The highest BCUT2D eigenvalue weighted by atomic mass is 16.6. The molecule has 2 saturated heterocycles. The highest BCUT2D eigenvalue weighted by Gasteiger charge is 2.53. The van der Waals surface area contributed by atoms with Gasteiger partial charge in [0.25, 0.3) is 11.7 Å². The van der Waals surface area contributed by atoms with Gasteiger partial charge < -0.3 is 33.7 Å². The Morgan fingerprint density at radius 2 is 1.62 bits per heavy atom. The van der Waals surface area contributed by atoms with Gasteiger partial charge in [-0.1, -0.05) is 83.6 Å². The molecule has 1 aromatic heterocycles. The number of carbonyl (C=O) groups excluding carboxylic acids is 5. The largest absolute Gasteiger partial charge is 0.460 e. The Bertz CT molecular complexity index is 2020. The fourth-order valence-corrected chi connectivity index (χ4v) is 10.9. The van der Waals surface area contributed by atoms with Crippen LogP contribution in [0.4, 0.5) is 0 Å². The van der Waals surface area contributed by atoms with E-state index in [2.05, 4.69) is 28.4 Å². The molecule has 0 aromatic carbocycles. The van der Waals surface area contributed by atoms with Crippen molar-refractivity contribution in [3.05, 3.63) is 53.9 Å². The number of aliphatic hydroxyl groups is 1. The summed E-state index contributed by atoms with van der Waals surface area (Å²) in [6.07, 6.45) is 16.4. The first-order valence-electron chi connectivity index (χ1n) is 25.4. The second-order valence-corrected chi connectivity index (χ2v) is 20.7. The number of fused-ring (bicyclic) bond motifs is 3. The van der Waals surface area contributed by atoms with E-state index in [9.17, 15) is 29.1 Å². The number of carbonyl (C=O) groups is 5. The van der Waals surface area contributed by atoms with Crippen LogP contribution in [0.3, 0.4) is 0 Å². The molecule has 15 atom stereocenters. The number of tetrazole rings is 1. The number of hydrogen-bond acceptors (Lipinski definition) is 14. The fourth-order valence-electron chi connectivity index (χ4n) is 10.9. The summed E-state index contributed by atoms with van der Waals surface area (Å²) >= 11 is 0. The van der Waals surface area contributed by atoms with Crippen molar-refractivity contribution in [1.82, 2.24) is 25.1 Å². The van der Waals surface area contributed by atoms with E-state index >= 15 is 0 Å². The van der Waals surface area contributed by atoms with Crippen molar-refractivity contribution < 1.29 is 52.8 Å². The van der Waals surface area contributed by atoms with Crippen LogP contribution in [0.25, 0.3) is 0 Å². The predicted octanol–water partition coefficient (Wildman–Crippen LogP) is 7.32. The molecule has 0 radical (unpaired) electrons. The molecule has 5 rings (SSSR count). The van der Waals surface area contributed by atoms with Gasteiger partial charge in [-0.15, -0.1) is 10.2 Å². The molecule has 4 aliphatic rings. The summed E-state index contributed by atoms with van der Waals surface area (Å²) in [4.78, 5) is 74.2. The van der Waals surface area contributed by atoms with Crippen LogP contribution in [0.2, 0.25) is 0 Å². The van der Waals surface area contributed by atoms with E-state index in [0.29, 0.717) is 51.4 Å². The second kappa shape index (κ2) is 25.8. The first kappa shape index (κ1) is 55.7. The van der Waals surface area contributed by atoms with Crippen molar-refractivity contribution in [2.24, 2.45) is 41.4 Å². The van der Waals surface area contributed by atoms with E-state index in [1.807, 2.05) is 71.9 Å². The molecule has 0 spiro atoms. The zero-order valence-corrected chi connectivity index (χ0v) is 43.1. The summed E-state index contributed by atoms with van der Waals surface area (Å²) in [5.74, 6) is -7.29. The number of ketones is 3. The molecule has 2 bridgehead atoms. The van der Waals surface area contributed by atoms with E-state index in [1.54, 1.807) is 33.0 Å². The van der Waals surface area contributed by atoms with Gasteiger partial charge >= 0.3 is 5.97 Å². The zero-order valence-electron chi connectivity index (χ0n) is 43.1. The molecule has 16 heteroatoms. The third-order valence-electron chi connectivity index (χ3n) is 15.6. The van der Waals surface area contributed by atoms with Gasteiger partial charge in [-0.3, -0.25) is 19.2 Å². The number of esters is 1. The quantitative estimate of drug-likeness (QED) is 0.162. The van der Waals surface area contributed by atoms with Gasteiger partial charge in [0.1, 0.15) is 24.0 Å². The maximum atomic E-state index is 14.5. The van der Waals surface area contributed by atoms with Crippen LogP contribution in [-0.2, 0) is 47.7 Å². The molecule has 3 aliphatic heterocycles. The van der Waals surface area contributed by atoms with Gasteiger partial charge in [0.2, 0.25) is 5.79 Å². The van der Waals surface area contributed by atoms with Gasteiger partial charge in [0.05, 0.1) is 24.4 Å². The summed E-state index contributed by atoms with van der Waals surface area (Å²) in [5, 5.41) is 24.3. The van der Waals surface area contributed by atoms with Crippen molar-refractivity contribution in [2.45, 2.75) is 181 Å². The highest BCUT2D eigenvalue weighted by molar-refractivity contribution is 6.39. The number of nitrogens with zero attached hydrogens (tertiary/aromatic N) is 5. The number of ether oxygens (including phenoxy) is 5. The minimum absolute atomic E-state index is 0.00414. The Morgan fingerprint density at radius 1 is 0.870 bits per heavy atom. The third-order valence-corrected chi connectivity index (χ3v) is 15.6. The lowest BCUT2D eigenvalue weighted by atomic mass is 9.77. The lowest BCUT2D eigenvalue weighted by molar-refractivity contribution is -0.265. The van der Waals surface area contributed by atoms with Crippen LogP contribution >= 0.6 is 0 Å². The molecule has 4 heterocycles. The summed E-state index contributed by atoms with van der Waals surface area (Å²) < 4.78 is 30.2. The molecule has 1 aliphatic carbocycles. The number of aromatic nitrogens is 4. The van der Waals surface area contributed by atoms with Gasteiger partial charge in [-0.05, 0) is 107 Å². The first-order chi connectivity index (χ1) is 32.8. The lowest BCUT2D eigenvalue weighted by Gasteiger charge is -2.42. The number of methoxy groups -OCH3 is 3. The predicted molar refractivity (Wildman–Crippen MR) is 259 cm³/mol. The Labute approximate surface area is 410 Å². The number of allylic oxidation sites excluding steroid dienone is 6. The van der Waals surface area contributed by atoms with Gasteiger partial charge in [-0.25, -0.2) is 4.79 Å². The Balaban J connectivity index is 1.46. The standard InChI is InChI=1S/C53H81N5O11/c1-32-17-13-12-14-18-33(2)45(65-9)29-41-22-20-38(7)53(64,69-41)50(61)51(62)57-24-16-15-19-43(57)52(63)68-46(36(5)27-40-21-23-42(47(28-40)66-10)58-55-31-54-56-58)30-44(59)35(4)26-34(3)39(8)49(67-11)48(60)37(6)25-32/h12-14,17-18,26,31-32,35-43,45-47,49,64H,15-16,19-25,27-30H2,1-11H3/b14-12+,17-13+,33-18+,34-26+/t32-,35-,36-,37?,38?,39-,40?,41?,42?,43?,45+,46+,47?,49?,53?/m1/s1.